The maximum absolute atomic E-state index is 13.5. The smallest absolute Gasteiger partial charge is 0.264 e. The summed E-state index contributed by atoms with van der Waals surface area (Å²) in [5.74, 6) is -0.212. The van der Waals surface area contributed by atoms with Gasteiger partial charge in [-0.3, -0.25) is 14.4 Å². The summed E-state index contributed by atoms with van der Waals surface area (Å²) in [5, 5.41) is 11.9. The van der Waals surface area contributed by atoms with E-state index in [2.05, 4.69) is 29.4 Å². The highest BCUT2D eigenvalue weighted by Crippen LogP contribution is 2.28. The Hall–Kier alpha value is -3.56. The molecule has 0 atom stereocenters. The van der Waals surface area contributed by atoms with Crippen molar-refractivity contribution < 1.29 is 13.2 Å². The van der Waals surface area contributed by atoms with Crippen molar-refractivity contribution in [3.8, 4) is 10.6 Å². The molecule has 0 aliphatic rings. The van der Waals surface area contributed by atoms with Crippen molar-refractivity contribution in [1.29, 1.82) is 0 Å². The number of rotatable bonds is 8. The van der Waals surface area contributed by atoms with Crippen LogP contribution in [0.2, 0.25) is 0 Å². The zero-order valence-corrected chi connectivity index (χ0v) is 21.3. The number of carbonyl (C=O) groups excluding carboxylic acids is 1. The van der Waals surface area contributed by atoms with Crippen LogP contribution in [-0.2, 0) is 14.8 Å². The molecule has 0 spiro atoms. The zero-order valence-electron chi connectivity index (χ0n) is 19.7. The zero-order chi connectivity index (χ0) is 25.0. The first-order chi connectivity index (χ1) is 16.7. The van der Waals surface area contributed by atoms with Gasteiger partial charge in [-0.15, -0.1) is 10.2 Å². The molecule has 1 heterocycles. The second-order valence-electron chi connectivity index (χ2n) is 8.40. The molecule has 1 aromatic heterocycles. The van der Waals surface area contributed by atoms with Crippen LogP contribution in [0.15, 0.2) is 83.8 Å². The summed E-state index contributed by atoms with van der Waals surface area (Å²) >= 11 is 1.23. The summed E-state index contributed by atoms with van der Waals surface area (Å²) in [4.78, 5) is 13.1. The van der Waals surface area contributed by atoms with Crippen LogP contribution in [0.5, 0.6) is 0 Å². The Balaban J connectivity index is 1.58. The molecule has 0 fully saturated rings. The minimum Gasteiger partial charge on any atom is -0.299 e. The van der Waals surface area contributed by atoms with Crippen LogP contribution >= 0.6 is 11.3 Å². The Morgan fingerprint density at radius 1 is 0.943 bits per heavy atom. The van der Waals surface area contributed by atoms with Crippen molar-refractivity contribution in [3.63, 3.8) is 0 Å². The number of nitrogens with one attached hydrogen (secondary N) is 1. The van der Waals surface area contributed by atoms with E-state index < -0.39 is 22.5 Å². The second kappa shape index (κ2) is 10.4. The second-order valence-corrected chi connectivity index (χ2v) is 11.2. The molecule has 1 N–H and O–H groups in total. The van der Waals surface area contributed by atoms with Crippen LogP contribution in [0.4, 0.5) is 10.8 Å². The number of amides is 1. The minimum atomic E-state index is -3.98. The molecular weight excluding hydrogens is 480 g/mol. The predicted octanol–water partition coefficient (Wildman–Crippen LogP) is 5.47. The van der Waals surface area contributed by atoms with E-state index >= 15 is 0 Å². The van der Waals surface area contributed by atoms with Crippen molar-refractivity contribution in [2.24, 2.45) is 0 Å². The average molecular weight is 507 g/mol. The highest BCUT2D eigenvalue weighted by molar-refractivity contribution is 7.92. The lowest BCUT2D eigenvalue weighted by Gasteiger charge is -2.24. The number of aryl methyl sites for hydroxylation is 1. The highest BCUT2D eigenvalue weighted by Gasteiger charge is 2.27. The number of hydrogen-bond donors (Lipinski definition) is 1. The van der Waals surface area contributed by atoms with Gasteiger partial charge in [0, 0.05) is 5.56 Å². The molecule has 1 amide bonds. The Labute approximate surface area is 209 Å². The van der Waals surface area contributed by atoms with Gasteiger partial charge in [0.25, 0.3) is 10.0 Å². The van der Waals surface area contributed by atoms with Gasteiger partial charge in [0.1, 0.15) is 11.6 Å². The number of carbonyl (C=O) groups is 1. The van der Waals surface area contributed by atoms with E-state index in [9.17, 15) is 13.2 Å². The Morgan fingerprint density at radius 2 is 1.60 bits per heavy atom. The molecule has 0 aliphatic heterocycles. The summed E-state index contributed by atoms with van der Waals surface area (Å²) < 4.78 is 28.1. The van der Waals surface area contributed by atoms with Gasteiger partial charge >= 0.3 is 0 Å². The molecule has 4 aromatic rings. The molecule has 0 aliphatic carbocycles. The fraction of sp³-hybridized carbons (Fsp3) is 0.192. The van der Waals surface area contributed by atoms with Gasteiger partial charge in [-0.1, -0.05) is 85.3 Å². The number of sulfonamides is 1. The van der Waals surface area contributed by atoms with E-state index in [0.717, 1.165) is 21.0 Å². The van der Waals surface area contributed by atoms with Gasteiger partial charge in [0.05, 0.1) is 10.6 Å². The predicted molar refractivity (Wildman–Crippen MR) is 140 cm³/mol. The number of benzene rings is 3. The van der Waals surface area contributed by atoms with Crippen LogP contribution in [0.3, 0.4) is 0 Å². The monoisotopic (exact) mass is 506 g/mol. The SMILES string of the molecule is Cc1ccc(-c2nnc(NC(=O)CN(c3ccc(C(C)C)cc3)S(=O)(=O)c3ccccc3)s2)cc1. The maximum Gasteiger partial charge on any atom is 0.264 e. The van der Waals surface area contributed by atoms with E-state index in [1.165, 1.54) is 23.5 Å². The lowest BCUT2D eigenvalue weighted by Crippen LogP contribution is -2.38. The Morgan fingerprint density at radius 3 is 2.23 bits per heavy atom. The van der Waals surface area contributed by atoms with Gasteiger partial charge in [0.2, 0.25) is 11.0 Å². The van der Waals surface area contributed by atoms with E-state index in [0.29, 0.717) is 21.7 Å². The van der Waals surface area contributed by atoms with E-state index in [1.807, 2.05) is 43.3 Å². The molecule has 35 heavy (non-hydrogen) atoms. The first-order valence-electron chi connectivity index (χ1n) is 11.1. The third-order valence-corrected chi connectivity index (χ3v) is 8.11. The fourth-order valence-corrected chi connectivity index (χ4v) is 5.64. The maximum atomic E-state index is 13.5. The molecule has 0 saturated carbocycles. The first kappa shape index (κ1) is 24.6. The van der Waals surface area contributed by atoms with Crippen molar-refractivity contribution in [2.75, 3.05) is 16.2 Å². The molecule has 0 bridgehead atoms. The molecule has 4 rings (SSSR count). The minimum absolute atomic E-state index is 0.110. The van der Waals surface area contributed by atoms with E-state index in [-0.39, 0.29) is 4.90 Å². The Kier molecular flexibility index (Phi) is 7.28. The largest absolute Gasteiger partial charge is 0.299 e. The number of nitrogens with zero attached hydrogens (tertiary/aromatic N) is 3. The average Bonchev–Trinajstić information content (AvgIpc) is 3.32. The molecule has 0 radical (unpaired) electrons. The Bertz CT molecular complexity index is 1400. The van der Waals surface area contributed by atoms with E-state index in [1.54, 1.807) is 30.3 Å². The lowest BCUT2D eigenvalue weighted by molar-refractivity contribution is -0.114. The summed E-state index contributed by atoms with van der Waals surface area (Å²) in [7, 11) is -3.98. The standard InChI is InChI=1S/C26H26N4O3S2/c1-18(2)20-13-15-22(16-14-20)30(35(32,33)23-7-5-4-6-8-23)17-24(31)27-26-29-28-25(34-26)21-11-9-19(3)10-12-21/h4-16,18H,17H2,1-3H3,(H,27,29,31). The molecular formula is C26H26N4O3S2. The highest BCUT2D eigenvalue weighted by atomic mass is 32.2. The molecule has 0 saturated heterocycles. The van der Waals surface area contributed by atoms with Crippen molar-refractivity contribution >= 4 is 38.1 Å². The molecule has 3 aromatic carbocycles. The van der Waals surface area contributed by atoms with Crippen LogP contribution < -0.4 is 9.62 Å². The number of hydrogen-bond acceptors (Lipinski definition) is 6. The normalized spacial score (nSPS) is 11.4. The van der Waals surface area contributed by atoms with Gasteiger partial charge < -0.3 is 0 Å². The third kappa shape index (κ3) is 5.75. The fourth-order valence-electron chi connectivity index (χ4n) is 3.44. The molecule has 9 heteroatoms. The summed E-state index contributed by atoms with van der Waals surface area (Å²) in [6, 6.07) is 23.1. The van der Waals surface area contributed by atoms with Gasteiger partial charge in [-0.25, -0.2) is 8.42 Å². The quantitative estimate of drug-likeness (QED) is 0.342. The van der Waals surface area contributed by atoms with Gasteiger partial charge in [0.15, 0.2) is 0 Å². The molecule has 7 nitrogen and oxygen atoms in total. The number of anilines is 2. The van der Waals surface area contributed by atoms with Crippen LogP contribution in [0.25, 0.3) is 10.6 Å². The lowest BCUT2D eigenvalue weighted by atomic mass is 10.0. The summed E-state index contributed by atoms with van der Waals surface area (Å²) in [5.41, 5.74) is 3.51. The summed E-state index contributed by atoms with van der Waals surface area (Å²) in [6.07, 6.45) is 0. The van der Waals surface area contributed by atoms with Gasteiger partial charge in [-0.2, -0.15) is 0 Å². The van der Waals surface area contributed by atoms with Crippen molar-refractivity contribution in [3.05, 3.63) is 90.0 Å². The van der Waals surface area contributed by atoms with Crippen LogP contribution in [-0.4, -0.2) is 31.1 Å². The van der Waals surface area contributed by atoms with Gasteiger partial charge in [-0.05, 0) is 42.7 Å². The molecule has 180 valence electrons. The van der Waals surface area contributed by atoms with E-state index in [4.69, 9.17) is 0 Å². The topological polar surface area (TPSA) is 92.3 Å². The summed E-state index contributed by atoms with van der Waals surface area (Å²) in [6.45, 7) is 5.72. The number of aromatic nitrogens is 2. The first-order valence-corrected chi connectivity index (χ1v) is 13.4. The van der Waals surface area contributed by atoms with Crippen molar-refractivity contribution in [1.82, 2.24) is 10.2 Å². The van der Waals surface area contributed by atoms with Crippen LogP contribution in [0, 0.1) is 6.92 Å². The van der Waals surface area contributed by atoms with Crippen molar-refractivity contribution in [2.45, 2.75) is 31.6 Å². The molecule has 0 unspecified atom stereocenters. The third-order valence-electron chi connectivity index (χ3n) is 5.44. The van der Waals surface area contributed by atoms with Crippen LogP contribution in [0.1, 0.15) is 30.9 Å².